The third-order valence-electron chi connectivity index (χ3n) is 5.70. The number of carbonyl (C=O) groups excluding carboxylic acids is 2. The first-order valence-electron chi connectivity index (χ1n) is 10.7. The zero-order chi connectivity index (χ0) is 22.8. The molecule has 1 saturated heterocycles. The summed E-state index contributed by atoms with van der Waals surface area (Å²) in [4.78, 5) is 27.4. The summed E-state index contributed by atoms with van der Waals surface area (Å²) in [6, 6.07) is 26.3. The Bertz CT molecular complexity index is 1360. The van der Waals surface area contributed by atoms with Crippen molar-refractivity contribution in [1.29, 1.82) is 0 Å². The number of fused-ring (bicyclic) bond motifs is 1. The highest BCUT2D eigenvalue weighted by Gasteiger charge is 2.34. The lowest BCUT2D eigenvalue weighted by atomic mass is 10.1. The fourth-order valence-electron chi connectivity index (χ4n) is 4.04. The van der Waals surface area contributed by atoms with Crippen molar-refractivity contribution in [2.45, 2.75) is 13.0 Å². The molecule has 0 radical (unpaired) electrons. The van der Waals surface area contributed by atoms with Gasteiger partial charge < -0.3 is 4.57 Å². The van der Waals surface area contributed by atoms with Crippen molar-refractivity contribution in [2.24, 2.45) is 0 Å². The van der Waals surface area contributed by atoms with E-state index in [0.29, 0.717) is 17.9 Å². The van der Waals surface area contributed by atoms with E-state index < -0.39 is 0 Å². The standard InChI is InChI=1S/C27H21BrN2O2S/c28-22-11-12-24-23(16-22)21(18-29(24)17-20-9-5-2-6-10-20)15-25-26(31)30(27(32)33-25)14-13-19-7-3-1-4-8-19/h1-12,15-16,18H,13-14,17H2/b25-15-. The van der Waals surface area contributed by atoms with Crippen molar-refractivity contribution < 1.29 is 9.59 Å². The fourth-order valence-corrected chi connectivity index (χ4v) is 5.26. The molecule has 1 fully saturated rings. The van der Waals surface area contributed by atoms with E-state index in [1.807, 2.05) is 60.7 Å². The minimum atomic E-state index is -0.222. The zero-order valence-electron chi connectivity index (χ0n) is 17.8. The molecule has 0 bridgehead atoms. The van der Waals surface area contributed by atoms with Gasteiger partial charge in [0.2, 0.25) is 0 Å². The largest absolute Gasteiger partial charge is 0.342 e. The molecular formula is C27H21BrN2O2S. The van der Waals surface area contributed by atoms with E-state index in [-0.39, 0.29) is 11.1 Å². The summed E-state index contributed by atoms with van der Waals surface area (Å²) in [5.41, 5.74) is 4.31. The van der Waals surface area contributed by atoms with Gasteiger partial charge in [-0.25, -0.2) is 0 Å². The Morgan fingerprint density at radius 1 is 0.879 bits per heavy atom. The second-order valence-electron chi connectivity index (χ2n) is 7.93. The maximum absolute atomic E-state index is 13.0. The molecule has 0 atom stereocenters. The number of amides is 2. The molecule has 164 valence electrons. The molecule has 1 aliphatic rings. The quantitative estimate of drug-likeness (QED) is 0.267. The first kappa shape index (κ1) is 21.7. The molecule has 1 aromatic heterocycles. The lowest BCUT2D eigenvalue weighted by Gasteiger charge is -2.12. The summed E-state index contributed by atoms with van der Waals surface area (Å²) in [6.45, 7) is 1.11. The van der Waals surface area contributed by atoms with E-state index in [4.69, 9.17) is 0 Å². The van der Waals surface area contributed by atoms with Crippen LogP contribution in [-0.2, 0) is 17.8 Å². The van der Waals surface area contributed by atoms with Gasteiger partial charge in [0.05, 0.1) is 4.91 Å². The van der Waals surface area contributed by atoms with Crippen molar-refractivity contribution in [1.82, 2.24) is 9.47 Å². The topological polar surface area (TPSA) is 42.3 Å². The lowest BCUT2D eigenvalue weighted by molar-refractivity contribution is -0.122. The molecule has 0 N–H and O–H groups in total. The Balaban J connectivity index is 1.44. The summed E-state index contributed by atoms with van der Waals surface area (Å²) in [7, 11) is 0. The second kappa shape index (κ2) is 9.41. The van der Waals surface area contributed by atoms with Crippen LogP contribution in [0.25, 0.3) is 17.0 Å². The number of halogens is 1. The molecule has 2 amide bonds. The fraction of sp³-hybridized carbons (Fsp3) is 0.111. The highest BCUT2D eigenvalue weighted by atomic mass is 79.9. The third-order valence-corrected chi connectivity index (χ3v) is 7.10. The molecular weight excluding hydrogens is 496 g/mol. The SMILES string of the molecule is O=C1S/C(=C\c2cn(Cc3ccccc3)c3ccc(Br)cc23)C(=O)N1CCc1ccccc1. The summed E-state index contributed by atoms with van der Waals surface area (Å²) in [5, 5.41) is 0.827. The van der Waals surface area contributed by atoms with Crippen molar-refractivity contribution in [2.75, 3.05) is 6.54 Å². The molecule has 0 saturated carbocycles. The maximum atomic E-state index is 13.0. The number of hydrogen-bond acceptors (Lipinski definition) is 3. The van der Waals surface area contributed by atoms with Gasteiger partial charge in [-0.2, -0.15) is 0 Å². The van der Waals surface area contributed by atoms with Gasteiger partial charge in [-0.3, -0.25) is 14.5 Å². The molecule has 1 aliphatic heterocycles. The molecule has 6 heteroatoms. The van der Waals surface area contributed by atoms with Crippen LogP contribution in [0.3, 0.4) is 0 Å². The highest BCUT2D eigenvalue weighted by molar-refractivity contribution is 9.10. The normalized spacial score (nSPS) is 15.2. The average Bonchev–Trinajstić information content (AvgIpc) is 3.29. The lowest BCUT2D eigenvalue weighted by Crippen LogP contribution is -2.30. The monoisotopic (exact) mass is 516 g/mol. The zero-order valence-corrected chi connectivity index (χ0v) is 20.2. The predicted octanol–water partition coefficient (Wildman–Crippen LogP) is 6.73. The summed E-state index contributed by atoms with van der Waals surface area (Å²) in [5.74, 6) is -0.222. The van der Waals surface area contributed by atoms with E-state index in [2.05, 4.69) is 51.0 Å². The summed E-state index contributed by atoms with van der Waals surface area (Å²) >= 11 is 4.58. The number of rotatable bonds is 6. The first-order valence-corrected chi connectivity index (χ1v) is 12.3. The van der Waals surface area contributed by atoms with Crippen LogP contribution in [0.5, 0.6) is 0 Å². The van der Waals surface area contributed by atoms with Crippen molar-refractivity contribution in [3.05, 3.63) is 111 Å². The van der Waals surface area contributed by atoms with Crippen LogP contribution in [0, 0.1) is 0 Å². The molecule has 4 aromatic rings. The van der Waals surface area contributed by atoms with Crippen LogP contribution >= 0.6 is 27.7 Å². The Labute approximate surface area is 205 Å². The van der Waals surface area contributed by atoms with Gasteiger partial charge in [0.1, 0.15) is 0 Å². The number of hydrogen-bond donors (Lipinski definition) is 0. The number of thioether (sulfide) groups is 1. The van der Waals surface area contributed by atoms with Crippen LogP contribution in [0.4, 0.5) is 4.79 Å². The summed E-state index contributed by atoms with van der Waals surface area (Å²) < 4.78 is 3.15. The van der Waals surface area contributed by atoms with Gasteiger partial charge in [0.25, 0.3) is 11.1 Å². The van der Waals surface area contributed by atoms with Crippen LogP contribution < -0.4 is 0 Å². The highest BCUT2D eigenvalue weighted by Crippen LogP contribution is 2.35. The van der Waals surface area contributed by atoms with E-state index >= 15 is 0 Å². The molecule has 5 rings (SSSR count). The number of nitrogens with zero attached hydrogens (tertiary/aromatic N) is 2. The second-order valence-corrected chi connectivity index (χ2v) is 9.84. The van der Waals surface area contributed by atoms with Gasteiger partial charge in [-0.05, 0) is 53.6 Å². The van der Waals surface area contributed by atoms with Crippen molar-refractivity contribution in [3.8, 4) is 0 Å². The minimum absolute atomic E-state index is 0.212. The predicted molar refractivity (Wildman–Crippen MR) is 138 cm³/mol. The van der Waals surface area contributed by atoms with E-state index in [1.165, 1.54) is 10.5 Å². The third kappa shape index (κ3) is 4.68. The number of carbonyl (C=O) groups is 2. The van der Waals surface area contributed by atoms with E-state index in [1.54, 1.807) is 0 Å². The Kier molecular flexibility index (Phi) is 6.20. The van der Waals surface area contributed by atoms with Gasteiger partial charge in [-0.1, -0.05) is 76.6 Å². The van der Waals surface area contributed by atoms with Crippen molar-refractivity contribution in [3.63, 3.8) is 0 Å². The molecule has 0 aliphatic carbocycles. The smallest absolute Gasteiger partial charge is 0.293 e. The molecule has 33 heavy (non-hydrogen) atoms. The average molecular weight is 517 g/mol. The van der Waals surface area contributed by atoms with E-state index in [9.17, 15) is 9.59 Å². The Hall–Kier alpha value is -3.09. The molecule has 2 heterocycles. The van der Waals surface area contributed by atoms with Crippen LogP contribution in [0.2, 0.25) is 0 Å². The maximum Gasteiger partial charge on any atom is 0.293 e. The van der Waals surface area contributed by atoms with E-state index in [0.717, 1.165) is 44.8 Å². The Morgan fingerprint density at radius 2 is 1.58 bits per heavy atom. The summed E-state index contributed by atoms with van der Waals surface area (Å²) in [6.07, 6.45) is 4.56. The molecule has 4 nitrogen and oxygen atoms in total. The van der Waals surface area contributed by atoms with Gasteiger partial charge >= 0.3 is 0 Å². The van der Waals surface area contributed by atoms with Gasteiger partial charge in [0, 0.05) is 40.2 Å². The first-order chi connectivity index (χ1) is 16.1. The molecule has 3 aromatic carbocycles. The van der Waals surface area contributed by atoms with Crippen LogP contribution in [-0.4, -0.2) is 27.2 Å². The number of benzene rings is 3. The van der Waals surface area contributed by atoms with Gasteiger partial charge in [0.15, 0.2) is 0 Å². The molecule has 0 spiro atoms. The Morgan fingerprint density at radius 3 is 2.30 bits per heavy atom. The van der Waals surface area contributed by atoms with Crippen LogP contribution in [0.1, 0.15) is 16.7 Å². The number of imide groups is 1. The van der Waals surface area contributed by atoms with Crippen LogP contribution in [0.15, 0.2) is 94.4 Å². The van der Waals surface area contributed by atoms with Gasteiger partial charge in [-0.15, -0.1) is 0 Å². The minimum Gasteiger partial charge on any atom is -0.342 e. The molecule has 0 unspecified atom stereocenters. The van der Waals surface area contributed by atoms with Crippen molar-refractivity contribution >= 4 is 55.8 Å². The number of aromatic nitrogens is 1.